The molecule has 23 heavy (non-hydrogen) atoms. The zero-order valence-electron chi connectivity index (χ0n) is 12.5. The number of hydroxylamine groups is 2. The van der Waals surface area contributed by atoms with Crippen LogP contribution in [-0.2, 0) is 35.4 Å². The lowest BCUT2D eigenvalue weighted by atomic mass is 10.2. The van der Waals surface area contributed by atoms with Crippen LogP contribution < -0.4 is 0 Å². The highest BCUT2D eigenvalue weighted by Crippen LogP contribution is 2.15. The smallest absolute Gasteiger partial charge is 0.361 e. The topological polar surface area (TPSA) is 90.0 Å². The van der Waals surface area contributed by atoms with Crippen LogP contribution in [-0.4, -0.2) is 35.2 Å². The van der Waals surface area contributed by atoms with Crippen LogP contribution in [0.1, 0.15) is 31.2 Å². The van der Waals surface area contributed by atoms with Crippen LogP contribution >= 0.6 is 0 Å². The molecule has 0 saturated carbocycles. The van der Waals surface area contributed by atoms with Gasteiger partial charge in [0.2, 0.25) is 0 Å². The Morgan fingerprint density at radius 3 is 2.43 bits per heavy atom. The highest BCUT2D eigenvalue weighted by Gasteiger charge is 2.35. The highest BCUT2D eigenvalue weighted by atomic mass is 16.7. The summed E-state index contributed by atoms with van der Waals surface area (Å²) in [4.78, 5) is 50.4. The van der Waals surface area contributed by atoms with Gasteiger partial charge in [-0.25, -0.2) is 4.79 Å². The number of rotatable bonds is 8. The van der Waals surface area contributed by atoms with E-state index in [1.54, 1.807) is 0 Å². The maximum atomic E-state index is 12.1. The first kappa shape index (κ1) is 16.8. The molecule has 7 heteroatoms. The van der Waals surface area contributed by atoms with Crippen molar-refractivity contribution >= 4 is 24.1 Å². The second-order valence-corrected chi connectivity index (χ2v) is 5.02. The summed E-state index contributed by atoms with van der Waals surface area (Å²) in [5, 5.41) is 0.474. The summed E-state index contributed by atoms with van der Waals surface area (Å²) in [5.74, 6) is -1.97. The van der Waals surface area contributed by atoms with Crippen molar-refractivity contribution in [1.29, 1.82) is 0 Å². The minimum Gasteiger partial charge on any atom is -0.362 e. The number of benzene rings is 1. The van der Waals surface area contributed by atoms with Crippen LogP contribution in [0.2, 0.25) is 0 Å². The van der Waals surface area contributed by atoms with Crippen LogP contribution in [0.5, 0.6) is 0 Å². The quantitative estimate of drug-likeness (QED) is 0.527. The van der Waals surface area contributed by atoms with Gasteiger partial charge in [0.1, 0.15) is 6.29 Å². The molecule has 0 N–H and O–H groups in total. The molecule has 1 aromatic carbocycles. The molecule has 1 unspecified atom stereocenters. The van der Waals surface area contributed by atoms with Crippen LogP contribution in [0.4, 0.5) is 0 Å². The third kappa shape index (κ3) is 4.72. The van der Waals surface area contributed by atoms with Crippen molar-refractivity contribution in [3.63, 3.8) is 0 Å². The Bertz CT molecular complexity index is 569. The lowest BCUT2D eigenvalue weighted by Crippen LogP contribution is -2.37. The predicted molar refractivity (Wildman–Crippen MR) is 77.5 cm³/mol. The fourth-order valence-corrected chi connectivity index (χ4v) is 2.07. The maximum absolute atomic E-state index is 12.1. The largest absolute Gasteiger partial charge is 0.362 e. The third-order valence-corrected chi connectivity index (χ3v) is 3.29. The highest BCUT2D eigenvalue weighted by molar-refractivity contribution is 6.01. The van der Waals surface area contributed by atoms with Crippen molar-refractivity contribution in [3.05, 3.63) is 35.9 Å². The van der Waals surface area contributed by atoms with Gasteiger partial charge in [0.15, 0.2) is 6.10 Å². The van der Waals surface area contributed by atoms with Gasteiger partial charge in [-0.05, 0) is 12.0 Å². The first-order valence-electron chi connectivity index (χ1n) is 7.28. The predicted octanol–water partition coefficient (Wildman–Crippen LogP) is 1.16. The Morgan fingerprint density at radius 2 is 1.83 bits per heavy atom. The molecular formula is C16H17NO6. The minimum absolute atomic E-state index is 0.0238. The van der Waals surface area contributed by atoms with Crippen LogP contribution in [0.25, 0.3) is 0 Å². The van der Waals surface area contributed by atoms with Gasteiger partial charge >= 0.3 is 5.97 Å². The van der Waals surface area contributed by atoms with Crippen molar-refractivity contribution in [1.82, 2.24) is 5.06 Å². The zero-order chi connectivity index (χ0) is 16.7. The average Bonchev–Trinajstić information content (AvgIpc) is 2.87. The van der Waals surface area contributed by atoms with Crippen molar-refractivity contribution < 1.29 is 28.8 Å². The van der Waals surface area contributed by atoms with E-state index in [9.17, 15) is 19.2 Å². The second-order valence-electron chi connectivity index (χ2n) is 5.02. The lowest BCUT2D eigenvalue weighted by molar-refractivity contribution is -0.206. The van der Waals surface area contributed by atoms with E-state index >= 15 is 0 Å². The molecule has 0 spiro atoms. The van der Waals surface area contributed by atoms with Gasteiger partial charge in [0, 0.05) is 19.3 Å². The Hall–Kier alpha value is -2.54. The Balaban J connectivity index is 1.96. The molecule has 2 amide bonds. The van der Waals surface area contributed by atoms with Gasteiger partial charge in [-0.2, -0.15) is 0 Å². The first-order chi connectivity index (χ1) is 11.1. The van der Waals surface area contributed by atoms with Gasteiger partial charge in [0.05, 0.1) is 6.61 Å². The van der Waals surface area contributed by atoms with E-state index in [2.05, 4.69) is 0 Å². The Morgan fingerprint density at radius 1 is 1.17 bits per heavy atom. The van der Waals surface area contributed by atoms with Crippen LogP contribution in [0, 0.1) is 0 Å². The molecule has 122 valence electrons. The van der Waals surface area contributed by atoms with Crippen molar-refractivity contribution in [2.24, 2.45) is 0 Å². The number of imide groups is 1. The molecule has 0 aliphatic carbocycles. The van der Waals surface area contributed by atoms with Gasteiger partial charge in [-0.3, -0.25) is 9.59 Å². The fourth-order valence-electron chi connectivity index (χ4n) is 2.07. The Kier molecular flexibility index (Phi) is 5.99. The summed E-state index contributed by atoms with van der Waals surface area (Å²) in [5.41, 5.74) is 0.852. The molecule has 1 aliphatic heterocycles. The molecule has 1 aliphatic rings. The maximum Gasteiger partial charge on any atom is 0.361 e. The van der Waals surface area contributed by atoms with Gasteiger partial charge in [-0.1, -0.05) is 30.3 Å². The molecule has 1 aromatic rings. The summed E-state index contributed by atoms with van der Waals surface area (Å²) < 4.78 is 5.49. The second kappa shape index (κ2) is 8.19. The van der Waals surface area contributed by atoms with E-state index in [0.29, 0.717) is 11.3 Å². The van der Waals surface area contributed by atoms with E-state index < -0.39 is 23.9 Å². The molecule has 0 aromatic heterocycles. The van der Waals surface area contributed by atoms with Crippen molar-refractivity contribution in [3.8, 4) is 0 Å². The van der Waals surface area contributed by atoms with E-state index in [4.69, 9.17) is 9.57 Å². The third-order valence-electron chi connectivity index (χ3n) is 3.29. The number of ether oxygens (including phenoxy) is 1. The molecule has 7 nitrogen and oxygen atoms in total. The summed E-state index contributed by atoms with van der Waals surface area (Å²) in [6.45, 7) is 0.154. The number of hydrogen-bond donors (Lipinski definition) is 0. The number of carbonyl (C=O) groups is 4. The summed E-state index contributed by atoms with van der Waals surface area (Å²) in [6.07, 6.45) is -0.0896. The molecule has 1 saturated heterocycles. The normalized spacial score (nSPS) is 15.6. The first-order valence-corrected chi connectivity index (χ1v) is 7.28. The lowest BCUT2D eigenvalue weighted by Gasteiger charge is -2.19. The van der Waals surface area contributed by atoms with Gasteiger partial charge in [0.25, 0.3) is 11.8 Å². The zero-order valence-corrected chi connectivity index (χ0v) is 12.5. The standard InChI is InChI=1S/C16H17NO6/c18-10-4-7-13(22-11-12-5-2-1-3-6-12)16(21)23-17-14(19)8-9-15(17)20/h1-3,5-6,10,13H,4,7-9,11H2. The Labute approximate surface area is 133 Å². The summed E-state index contributed by atoms with van der Waals surface area (Å²) >= 11 is 0. The number of amides is 2. The molecule has 1 fully saturated rings. The monoisotopic (exact) mass is 319 g/mol. The summed E-state index contributed by atoms with van der Waals surface area (Å²) in [7, 11) is 0. The SMILES string of the molecule is O=CCCC(OCc1ccccc1)C(=O)ON1C(=O)CCC1=O. The van der Waals surface area contributed by atoms with E-state index in [1.807, 2.05) is 30.3 Å². The van der Waals surface area contributed by atoms with E-state index in [1.165, 1.54) is 0 Å². The molecule has 0 bridgehead atoms. The number of aldehydes is 1. The van der Waals surface area contributed by atoms with Crippen molar-refractivity contribution in [2.45, 2.75) is 38.4 Å². The van der Waals surface area contributed by atoms with Gasteiger partial charge < -0.3 is 14.4 Å². The minimum atomic E-state index is -1.03. The molecular weight excluding hydrogens is 302 g/mol. The molecule has 0 radical (unpaired) electrons. The average molecular weight is 319 g/mol. The molecule has 1 atom stereocenters. The number of carbonyl (C=O) groups excluding carboxylic acids is 4. The number of hydrogen-bond acceptors (Lipinski definition) is 6. The van der Waals surface area contributed by atoms with E-state index in [0.717, 1.165) is 5.56 Å². The molecule has 1 heterocycles. The number of nitrogens with zero attached hydrogens (tertiary/aromatic N) is 1. The van der Waals surface area contributed by atoms with E-state index in [-0.39, 0.29) is 32.3 Å². The molecule has 2 rings (SSSR count). The summed E-state index contributed by atoms with van der Waals surface area (Å²) in [6, 6.07) is 9.18. The fraction of sp³-hybridized carbons (Fsp3) is 0.375. The van der Waals surface area contributed by atoms with Crippen molar-refractivity contribution in [2.75, 3.05) is 0 Å². The van der Waals surface area contributed by atoms with Crippen LogP contribution in [0.3, 0.4) is 0 Å². The van der Waals surface area contributed by atoms with Crippen LogP contribution in [0.15, 0.2) is 30.3 Å². The van der Waals surface area contributed by atoms with Gasteiger partial charge in [-0.15, -0.1) is 5.06 Å².